The van der Waals surface area contributed by atoms with Gasteiger partial charge in [0.25, 0.3) is 0 Å². The minimum absolute atomic E-state index is 0.168. The molecule has 0 bridgehead atoms. The molecule has 0 atom stereocenters. The SMILES string of the molecule is CC(C)c1csc(Nc2nc3ccc(C(=O)O)cc3o2)n1. The molecule has 0 saturated heterocycles. The van der Waals surface area contributed by atoms with Gasteiger partial charge in [0.15, 0.2) is 10.7 Å². The first-order valence-electron chi connectivity index (χ1n) is 6.39. The first-order valence-corrected chi connectivity index (χ1v) is 7.27. The number of thiazole rings is 1. The van der Waals surface area contributed by atoms with E-state index in [1.807, 2.05) is 5.38 Å². The van der Waals surface area contributed by atoms with E-state index < -0.39 is 5.97 Å². The number of fused-ring (bicyclic) bond motifs is 1. The predicted octanol–water partition coefficient (Wildman–Crippen LogP) is 3.85. The lowest BCUT2D eigenvalue weighted by molar-refractivity contribution is 0.0697. The van der Waals surface area contributed by atoms with E-state index in [0.717, 1.165) is 5.69 Å². The van der Waals surface area contributed by atoms with E-state index >= 15 is 0 Å². The molecular weight excluding hydrogens is 290 g/mol. The number of carboxylic acid groups (broad SMARTS) is 1. The maximum Gasteiger partial charge on any atom is 0.335 e. The van der Waals surface area contributed by atoms with E-state index in [9.17, 15) is 4.79 Å². The number of aromatic nitrogens is 2. The summed E-state index contributed by atoms with van der Waals surface area (Å²) in [6, 6.07) is 4.88. The van der Waals surface area contributed by atoms with Crippen LogP contribution in [0.3, 0.4) is 0 Å². The fourth-order valence-corrected chi connectivity index (χ4v) is 2.67. The van der Waals surface area contributed by atoms with Gasteiger partial charge >= 0.3 is 12.0 Å². The molecule has 3 rings (SSSR count). The Labute approximate surface area is 124 Å². The largest absolute Gasteiger partial charge is 0.478 e. The summed E-state index contributed by atoms with van der Waals surface area (Å²) in [6.45, 7) is 4.15. The van der Waals surface area contributed by atoms with Crippen molar-refractivity contribution < 1.29 is 14.3 Å². The lowest BCUT2D eigenvalue weighted by Crippen LogP contribution is -1.94. The number of aromatic carboxylic acids is 1. The molecule has 0 aliphatic heterocycles. The fourth-order valence-electron chi connectivity index (χ4n) is 1.81. The molecule has 6 nitrogen and oxygen atoms in total. The van der Waals surface area contributed by atoms with Crippen molar-refractivity contribution >= 4 is 39.6 Å². The van der Waals surface area contributed by atoms with Crippen LogP contribution in [0.4, 0.5) is 11.1 Å². The summed E-state index contributed by atoms with van der Waals surface area (Å²) in [4.78, 5) is 19.6. The van der Waals surface area contributed by atoms with Gasteiger partial charge in [-0.3, -0.25) is 5.32 Å². The quantitative estimate of drug-likeness (QED) is 0.761. The van der Waals surface area contributed by atoms with Gasteiger partial charge in [-0.1, -0.05) is 13.8 Å². The maximum absolute atomic E-state index is 10.9. The summed E-state index contributed by atoms with van der Waals surface area (Å²) in [5.41, 5.74) is 2.20. The second-order valence-corrected chi connectivity index (χ2v) is 5.72. The molecule has 0 radical (unpaired) electrons. The summed E-state index contributed by atoms with van der Waals surface area (Å²) < 4.78 is 5.51. The Morgan fingerprint density at radius 3 is 2.86 bits per heavy atom. The molecule has 0 spiro atoms. The van der Waals surface area contributed by atoms with Crippen LogP contribution in [0, 0.1) is 0 Å². The molecule has 0 aliphatic carbocycles. The molecule has 108 valence electrons. The molecule has 0 saturated carbocycles. The van der Waals surface area contributed by atoms with E-state index in [2.05, 4.69) is 29.1 Å². The Balaban J connectivity index is 1.88. The molecule has 1 aromatic carbocycles. The van der Waals surface area contributed by atoms with Crippen molar-refractivity contribution in [1.29, 1.82) is 0 Å². The monoisotopic (exact) mass is 303 g/mol. The summed E-state index contributed by atoms with van der Waals surface area (Å²) in [5, 5.41) is 14.6. The molecular formula is C14H13N3O3S. The molecule has 0 fully saturated rings. The third-order valence-corrected chi connectivity index (χ3v) is 3.74. The Hall–Kier alpha value is -2.41. The lowest BCUT2D eigenvalue weighted by atomic mass is 10.2. The molecule has 0 aliphatic rings. The molecule has 7 heteroatoms. The third-order valence-electron chi connectivity index (χ3n) is 2.96. The maximum atomic E-state index is 10.9. The Morgan fingerprint density at radius 2 is 2.19 bits per heavy atom. The summed E-state index contributed by atoms with van der Waals surface area (Å²) in [7, 11) is 0. The van der Waals surface area contributed by atoms with E-state index in [0.29, 0.717) is 28.2 Å². The van der Waals surface area contributed by atoms with Crippen molar-refractivity contribution in [2.75, 3.05) is 5.32 Å². The third kappa shape index (κ3) is 2.73. The number of anilines is 2. The molecule has 2 aromatic heterocycles. The van der Waals surface area contributed by atoms with Crippen LogP contribution >= 0.6 is 11.3 Å². The van der Waals surface area contributed by atoms with Gasteiger partial charge in [-0.2, -0.15) is 4.98 Å². The van der Waals surface area contributed by atoms with Gasteiger partial charge in [0.1, 0.15) is 5.52 Å². The van der Waals surface area contributed by atoms with Crippen LogP contribution in [0.15, 0.2) is 28.0 Å². The van der Waals surface area contributed by atoms with E-state index in [1.165, 1.54) is 23.5 Å². The topological polar surface area (TPSA) is 88.2 Å². The number of carbonyl (C=O) groups is 1. The van der Waals surface area contributed by atoms with Crippen molar-refractivity contribution in [3.63, 3.8) is 0 Å². The Morgan fingerprint density at radius 1 is 1.38 bits per heavy atom. The van der Waals surface area contributed by atoms with Crippen LogP contribution < -0.4 is 5.32 Å². The van der Waals surface area contributed by atoms with Crippen LogP contribution in [-0.2, 0) is 0 Å². The average Bonchev–Trinajstić information content (AvgIpc) is 3.03. The van der Waals surface area contributed by atoms with E-state index in [1.54, 1.807) is 6.07 Å². The highest BCUT2D eigenvalue weighted by atomic mass is 32.1. The summed E-state index contributed by atoms with van der Waals surface area (Å²) in [6.07, 6.45) is 0. The average molecular weight is 303 g/mol. The second-order valence-electron chi connectivity index (χ2n) is 4.86. The van der Waals surface area contributed by atoms with Crippen LogP contribution in [0.5, 0.6) is 0 Å². The molecule has 2 N–H and O–H groups in total. The molecule has 3 aromatic rings. The Bertz CT molecular complexity index is 807. The number of rotatable bonds is 4. The van der Waals surface area contributed by atoms with Crippen LogP contribution in [0.2, 0.25) is 0 Å². The zero-order chi connectivity index (χ0) is 15.0. The van der Waals surface area contributed by atoms with Crippen molar-refractivity contribution in [2.45, 2.75) is 19.8 Å². The molecule has 0 unspecified atom stereocenters. The molecule has 2 heterocycles. The van der Waals surface area contributed by atoms with Gasteiger partial charge < -0.3 is 9.52 Å². The van der Waals surface area contributed by atoms with Crippen molar-refractivity contribution in [1.82, 2.24) is 9.97 Å². The van der Waals surface area contributed by atoms with E-state index in [-0.39, 0.29) is 5.56 Å². The first kappa shape index (κ1) is 13.6. The standard InChI is InChI=1S/C14H13N3O3S/c1-7(2)10-6-21-14(16-10)17-13-15-9-4-3-8(12(18)19)5-11(9)20-13/h3-7H,1-2H3,(H,18,19)(H,15,16,17). The summed E-state index contributed by atoms with van der Waals surface area (Å²) in [5.74, 6) is -0.636. The summed E-state index contributed by atoms with van der Waals surface area (Å²) >= 11 is 1.47. The van der Waals surface area contributed by atoms with Gasteiger partial charge in [-0.05, 0) is 24.1 Å². The minimum atomic E-state index is -0.996. The predicted molar refractivity (Wildman–Crippen MR) is 80.5 cm³/mol. The lowest BCUT2D eigenvalue weighted by Gasteiger charge is -1.97. The van der Waals surface area contributed by atoms with Crippen LogP contribution in [0.1, 0.15) is 35.8 Å². The number of nitrogens with one attached hydrogen (secondary N) is 1. The molecule has 21 heavy (non-hydrogen) atoms. The number of benzene rings is 1. The number of hydrogen-bond donors (Lipinski definition) is 2. The van der Waals surface area contributed by atoms with Gasteiger partial charge in [0.2, 0.25) is 0 Å². The number of carboxylic acids is 1. The number of hydrogen-bond acceptors (Lipinski definition) is 6. The van der Waals surface area contributed by atoms with Gasteiger partial charge in [-0.25, -0.2) is 9.78 Å². The number of oxazole rings is 1. The highest BCUT2D eigenvalue weighted by molar-refractivity contribution is 7.13. The van der Waals surface area contributed by atoms with Gasteiger partial charge in [-0.15, -0.1) is 11.3 Å². The number of nitrogens with zero attached hydrogens (tertiary/aromatic N) is 2. The Kier molecular flexibility index (Phi) is 3.34. The van der Waals surface area contributed by atoms with E-state index in [4.69, 9.17) is 9.52 Å². The zero-order valence-electron chi connectivity index (χ0n) is 11.5. The van der Waals surface area contributed by atoms with Gasteiger partial charge in [0, 0.05) is 5.38 Å². The normalized spacial score (nSPS) is 11.2. The van der Waals surface area contributed by atoms with Crippen molar-refractivity contribution in [2.24, 2.45) is 0 Å². The van der Waals surface area contributed by atoms with Crippen molar-refractivity contribution in [3.8, 4) is 0 Å². The van der Waals surface area contributed by atoms with Gasteiger partial charge in [0.05, 0.1) is 11.3 Å². The fraction of sp³-hybridized carbons (Fsp3) is 0.214. The minimum Gasteiger partial charge on any atom is -0.478 e. The zero-order valence-corrected chi connectivity index (χ0v) is 12.3. The van der Waals surface area contributed by atoms with Crippen molar-refractivity contribution in [3.05, 3.63) is 34.8 Å². The second kappa shape index (κ2) is 5.17. The smallest absolute Gasteiger partial charge is 0.335 e. The van der Waals surface area contributed by atoms with Crippen LogP contribution in [0.25, 0.3) is 11.1 Å². The molecule has 0 amide bonds. The van der Waals surface area contributed by atoms with Crippen LogP contribution in [-0.4, -0.2) is 21.0 Å². The highest BCUT2D eigenvalue weighted by Crippen LogP contribution is 2.26. The first-order chi connectivity index (χ1) is 10.0. The highest BCUT2D eigenvalue weighted by Gasteiger charge is 2.12.